The first-order valence-electron chi connectivity index (χ1n) is 12.8. The Hall–Kier alpha value is -3.11. The van der Waals surface area contributed by atoms with Gasteiger partial charge in [0, 0.05) is 25.7 Å². The van der Waals surface area contributed by atoms with Gasteiger partial charge in [-0.05, 0) is 61.1 Å². The summed E-state index contributed by atoms with van der Waals surface area (Å²) >= 11 is 0.764. The van der Waals surface area contributed by atoms with Crippen LogP contribution in [0.2, 0.25) is 0 Å². The molecule has 0 aliphatic carbocycles. The number of nitrogens with one attached hydrogen (secondary N) is 2. The number of imidazole rings is 1. The average Bonchev–Trinajstić information content (AvgIpc) is 3.61. The highest BCUT2D eigenvalue weighted by atomic mass is 32.1. The minimum atomic E-state index is -2.63. The minimum absolute atomic E-state index is 0.0743. The van der Waals surface area contributed by atoms with Gasteiger partial charge in [0.2, 0.25) is 11.9 Å². The SMILES string of the molecule is C=CC(=O)N1CCC[C@H]1Cn1c(NC(=O)c2ccc(C(F)F)s2)nc2cc(CN[C@H](C)C(C)(C)C)ccc21. The van der Waals surface area contributed by atoms with Gasteiger partial charge in [-0.15, -0.1) is 11.3 Å². The number of hydrogen-bond acceptors (Lipinski definition) is 5. The van der Waals surface area contributed by atoms with Crippen LogP contribution >= 0.6 is 11.3 Å². The molecule has 0 spiro atoms. The van der Waals surface area contributed by atoms with Gasteiger partial charge in [-0.1, -0.05) is 33.4 Å². The number of nitrogens with zero attached hydrogens (tertiary/aromatic N) is 3. The first-order valence-corrected chi connectivity index (χ1v) is 13.6. The molecule has 1 aromatic carbocycles. The molecule has 204 valence electrons. The maximum Gasteiger partial charge on any atom is 0.272 e. The van der Waals surface area contributed by atoms with Crippen LogP contribution < -0.4 is 10.6 Å². The van der Waals surface area contributed by atoms with E-state index in [-0.39, 0.29) is 27.1 Å². The van der Waals surface area contributed by atoms with Crippen molar-refractivity contribution >= 4 is 40.1 Å². The van der Waals surface area contributed by atoms with E-state index in [4.69, 9.17) is 4.98 Å². The van der Waals surface area contributed by atoms with Crippen LogP contribution in [0.1, 0.15) is 67.1 Å². The van der Waals surface area contributed by atoms with Crippen molar-refractivity contribution in [1.29, 1.82) is 0 Å². The summed E-state index contributed by atoms with van der Waals surface area (Å²) in [6.07, 6.45) is 0.394. The molecule has 1 saturated heterocycles. The van der Waals surface area contributed by atoms with Gasteiger partial charge in [0.1, 0.15) is 0 Å². The quantitative estimate of drug-likeness (QED) is 0.325. The van der Waals surface area contributed by atoms with Crippen molar-refractivity contribution in [2.75, 3.05) is 11.9 Å². The summed E-state index contributed by atoms with van der Waals surface area (Å²) in [4.78, 5) is 31.9. The second kappa shape index (κ2) is 11.3. The van der Waals surface area contributed by atoms with Gasteiger partial charge in [-0.2, -0.15) is 0 Å². The molecule has 1 aliphatic rings. The highest BCUT2D eigenvalue weighted by Gasteiger charge is 2.29. The summed E-state index contributed by atoms with van der Waals surface area (Å²) in [6.45, 7) is 14.1. The van der Waals surface area contributed by atoms with E-state index in [1.54, 1.807) is 4.90 Å². The second-order valence-corrected chi connectivity index (χ2v) is 11.9. The van der Waals surface area contributed by atoms with Crippen molar-refractivity contribution in [2.45, 2.75) is 72.1 Å². The lowest BCUT2D eigenvalue weighted by Crippen LogP contribution is -2.37. The van der Waals surface area contributed by atoms with Gasteiger partial charge in [0.05, 0.1) is 26.8 Å². The third-order valence-electron chi connectivity index (χ3n) is 7.24. The highest BCUT2D eigenvalue weighted by molar-refractivity contribution is 7.14. The Morgan fingerprint density at radius 3 is 2.68 bits per heavy atom. The number of benzene rings is 1. The maximum absolute atomic E-state index is 13.1. The number of carbonyl (C=O) groups is 2. The molecule has 2 N–H and O–H groups in total. The molecule has 7 nitrogen and oxygen atoms in total. The van der Waals surface area contributed by atoms with Crippen LogP contribution in [0.4, 0.5) is 14.7 Å². The lowest BCUT2D eigenvalue weighted by molar-refractivity contribution is -0.126. The smallest absolute Gasteiger partial charge is 0.272 e. The molecule has 0 saturated carbocycles. The number of alkyl halides is 2. The molecule has 0 radical (unpaired) electrons. The van der Waals surface area contributed by atoms with E-state index in [1.807, 2.05) is 22.8 Å². The highest BCUT2D eigenvalue weighted by Crippen LogP contribution is 2.29. The Labute approximate surface area is 225 Å². The van der Waals surface area contributed by atoms with Crippen LogP contribution in [-0.4, -0.2) is 44.9 Å². The monoisotopic (exact) mass is 543 g/mol. The summed E-state index contributed by atoms with van der Waals surface area (Å²) in [5.74, 6) is -0.296. The van der Waals surface area contributed by atoms with Crippen LogP contribution in [0.25, 0.3) is 11.0 Å². The van der Waals surface area contributed by atoms with Crippen molar-refractivity contribution in [3.05, 3.63) is 58.3 Å². The van der Waals surface area contributed by atoms with E-state index in [2.05, 4.69) is 44.9 Å². The Morgan fingerprint density at radius 2 is 2.03 bits per heavy atom. The topological polar surface area (TPSA) is 79.3 Å². The predicted molar refractivity (Wildman–Crippen MR) is 148 cm³/mol. The largest absolute Gasteiger partial charge is 0.334 e. The van der Waals surface area contributed by atoms with Crippen LogP contribution in [-0.2, 0) is 17.9 Å². The zero-order chi connectivity index (χ0) is 27.6. The van der Waals surface area contributed by atoms with E-state index in [1.165, 1.54) is 18.2 Å². The number of likely N-dealkylation sites (tertiary alicyclic amines) is 1. The predicted octanol–water partition coefficient (Wildman–Crippen LogP) is 5.99. The van der Waals surface area contributed by atoms with Crippen LogP contribution in [0.15, 0.2) is 43.0 Å². The number of fused-ring (bicyclic) bond motifs is 1. The van der Waals surface area contributed by atoms with E-state index < -0.39 is 12.3 Å². The summed E-state index contributed by atoms with van der Waals surface area (Å²) < 4.78 is 28.0. The van der Waals surface area contributed by atoms with Crippen molar-refractivity contribution < 1.29 is 18.4 Å². The first-order chi connectivity index (χ1) is 18.0. The van der Waals surface area contributed by atoms with Crippen LogP contribution in [0.3, 0.4) is 0 Å². The van der Waals surface area contributed by atoms with Gasteiger partial charge < -0.3 is 14.8 Å². The number of aromatic nitrogens is 2. The molecule has 1 aliphatic heterocycles. The number of carbonyl (C=O) groups excluding carboxylic acids is 2. The Balaban J connectivity index is 1.65. The van der Waals surface area contributed by atoms with E-state index in [0.717, 1.165) is 35.3 Å². The summed E-state index contributed by atoms with van der Waals surface area (Å²) in [5, 5.41) is 6.39. The number of thiophene rings is 1. The molecule has 10 heteroatoms. The molecule has 2 aromatic heterocycles. The van der Waals surface area contributed by atoms with Gasteiger partial charge in [0.15, 0.2) is 0 Å². The molecule has 2 atom stereocenters. The van der Waals surface area contributed by atoms with E-state index in [9.17, 15) is 18.4 Å². The lowest BCUT2D eigenvalue weighted by Gasteiger charge is -2.28. The average molecular weight is 544 g/mol. The number of rotatable bonds is 9. The van der Waals surface area contributed by atoms with Crippen LogP contribution in [0.5, 0.6) is 0 Å². The molecule has 1 fully saturated rings. The minimum Gasteiger partial charge on any atom is -0.334 e. The van der Waals surface area contributed by atoms with E-state index >= 15 is 0 Å². The maximum atomic E-state index is 13.1. The van der Waals surface area contributed by atoms with Gasteiger partial charge >= 0.3 is 0 Å². The van der Waals surface area contributed by atoms with Crippen LogP contribution in [0, 0.1) is 5.41 Å². The second-order valence-electron chi connectivity index (χ2n) is 10.8. The van der Waals surface area contributed by atoms with Gasteiger partial charge in [-0.25, -0.2) is 13.8 Å². The van der Waals surface area contributed by atoms with Gasteiger partial charge in [-0.3, -0.25) is 14.9 Å². The summed E-state index contributed by atoms with van der Waals surface area (Å²) in [7, 11) is 0. The van der Waals surface area contributed by atoms with Crippen molar-refractivity contribution in [3.63, 3.8) is 0 Å². The lowest BCUT2D eigenvalue weighted by atomic mass is 9.88. The molecule has 0 unspecified atom stereocenters. The Morgan fingerprint density at radius 1 is 1.26 bits per heavy atom. The third-order valence-corrected chi connectivity index (χ3v) is 8.33. The molecule has 3 heterocycles. The molecular formula is C28H35F2N5O2S. The number of anilines is 1. The Kier molecular flexibility index (Phi) is 8.32. The molecule has 0 bridgehead atoms. The normalized spacial score (nSPS) is 16.8. The molecule has 38 heavy (non-hydrogen) atoms. The molecule has 3 aromatic rings. The zero-order valence-corrected chi connectivity index (χ0v) is 23.1. The van der Waals surface area contributed by atoms with Crippen molar-refractivity contribution in [1.82, 2.24) is 19.8 Å². The molecule has 4 rings (SSSR count). The fourth-order valence-corrected chi connectivity index (χ4v) is 5.30. The number of hydrogen-bond donors (Lipinski definition) is 2. The molecule has 2 amide bonds. The molecular weight excluding hydrogens is 508 g/mol. The first kappa shape index (κ1) is 27.9. The van der Waals surface area contributed by atoms with Crippen molar-refractivity contribution in [3.8, 4) is 0 Å². The Bertz CT molecular complexity index is 1330. The summed E-state index contributed by atoms with van der Waals surface area (Å²) in [5.41, 5.74) is 2.71. The summed E-state index contributed by atoms with van der Waals surface area (Å²) in [6, 6.07) is 8.89. The fraction of sp³-hybridized carbons (Fsp3) is 0.464. The standard InChI is InChI=1S/C28H35F2N5O2S/c1-6-24(36)34-13-7-8-19(34)16-35-21-10-9-18(15-31-17(2)28(3,4)5)14-20(21)32-27(35)33-26(37)23-12-11-22(38-23)25(29)30/h6,9-12,14,17,19,25,31H,1,7-8,13,15-16H2,2-5H3,(H,32,33,37)/t17-,19+/m1/s1. The fourth-order valence-electron chi connectivity index (χ4n) is 4.54. The van der Waals surface area contributed by atoms with Crippen molar-refractivity contribution in [2.24, 2.45) is 5.41 Å². The number of amides is 2. The van der Waals surface area contributed by atoms with Gasteiger partial charge in [0.25, 0.3) is 12.3 Å². The number of halogens is 2. The zero-order valence-electron chi connectivity index (χ0n) is 22.3. The van der Waals surface area contributed by atoms with E-state index in [0.29, 0.717) is 37.1 Å². The third kappa shape index (κ3) is 6.13.